The van der Waals surface area contributed by atoms with E-state index in [0.717, 1.165) is 0 Å². The minimum Gasteiger partial charge on any atom is -0.377 e. The summed E-state index contributed by atoms with van der Waals surface area (Å²) in [6.45, 7) is 4.27. The first-order chi connectivity index (χ1) is 7.47. The summed E-state index contributed by atoms with van der Waals surface area (Å²) in [6, 6.07) is 6.97. The van der Waals surface area contributed by atoms with Crippen LogP contribution in [0.2, 0.25) is 0 Å². The van der Waals surface area contributed by atoms with Gasteiger partial charge in [0.1, 0.15) is 0 Å². The van der Waals surface area contributed by atoms with Crippen LogP contribution in [-0.2, 0) is 5.41 Å². The second-order valence-corrected chi connectivity index (χ2v) is 5.36. The molecule has 88 valence electrons. The molecule has 0 radical (unpaired) electrons. The van der Waals surface area contributed by atoms with Crippen LogP contribution in [0.15, 0.2) is 18.2 Å². The second-order valence-electron chi connectivity index (χ2n) is 5.36. The summed E-state index contributed by atoms with van der Waals surface area (Å²) < 4.78 is 0. The van der Waals surface area contributed by atoms with E-state index in [9.17, 15) is 0 Å². The molecular weight excluding hydrogens is 196 g/mol. The van der Waals surface area contributed by atoms with Crippen LogP contribution in [0.3, 0.4) is 0 Å². The SMILES string of the molecule is Cc1ccc(C2(C(C)N)CC2)c(N(C)C)c1. The number of benzene rings is 1. The van der Waals surface area contributed by atoms with E-state index in [1.807, 2.05) is 0 Å². The number of nitrogens with zero attached hydrogens (tertiary/aromatic N) is 1. The van der Waals surface area contributed by atoms with Gasteiger partial charge in [-0.1, -0.05) is 12.1 Å². The van der Waals surface area contributed by atoms with Gasteiger partial charge in [-0.3, -0.25) is 0 Å². The van der Waals surface area contributed by atoms with Crippen molar-refractivity contribution in [3.05, 3.63) is 29.3 Å². The first-order valence-electron chi connectivity index (χ1n) is 6.01. The van der Waals surface area contributed by atoms with Gasteiger partial charge < -0.3 is 10.6 Å². The molecule has 0 saturated heterocycles. The fourth-order valence-corrected chi connectivity index (χ4v) is 2.54. The molecule has 1 aromatic rings. The Morgan fingerprint density at radius 2 is 1.94 bits per heavy atom. The van der Waals surface area contributed by atoms with E-state index in [4.69, 9.17) is 5.73 Å². The largest absolute Gasteiger partial charge is 0.377 e. The van der Waals surface area contributed by atoms with Crippen LogP contribution in [0.4, 0.5) is 5.69 Å². The Bertz CT molecular complexity index is 390. The van der Waals surface area contributed by atoms with Crippen molar-refractivity contribution in [3.8, 4) is 0 Å². The summed E-state index contributed by atoms with van der Waals surface area (Å²) in [4.78, 5) is 2.20. The van der Waals surface area contributed by atoms with E-state index in [2.05, 4.69) is 51.0 Å². The van der Waals surface area contributed by atoms with Crippen molar-refractivity contribution in [2.45, 2.75) is 38.1 Å². The average Bonchev–Trinajstić information content (AvgIpc) is 2.98. The third-order valence-corrected chi connectivity index (χ3v) is 3.83. The van der Waals surface area contributed by atoms with Gasteiger partial charge in [0.15, 0.2) is 0 Å². The maximum Gasteiger partial charge on any atom is 0.0402 e. The van der Waals surface area contributed by atoms with Gasteiger partial charge in [-0.25, -0.2) is 0 Å². The summed E-state index contributed by atoms with van der Waals surface area (Å²) in [5.74, 6) is 0. The molecule has 2 nitrogen and oxygen atoms in total. The highest BCUT2D eigenvalue weighted by atomic mass is 15.1. The highest BCUT2D eigenvalue weighted by molar-refractivity contribution is 5.59. The molecule has 1 unspecified atom stereocenters. The normalized spacial score (nSPS) is 19.3. The molecule has 2 heteroatoms. The molecule has 1 atom stereocenters. The minimum absolute atomic E-state index is 0.243. The summed E-state index contributed by atoms with van der Waals surface area (Å²) in [5.41, 5.74) is 10.5. The zero-order chi connectivity index (χ0) is 11.9. The molecule has 0 bridgehead atoms. The van der Waals surface area contributed by atoms with Crippen molar-refractivity contribution in [3.63, 3.8) is 0 Å². The van der Waals surface area contributed by atoms with Crippen LogP contribution in [0.1, 0.15) is 30.9 Å². The smallest absolute Gasteiger partial charge is 0.0402 e. The molecule has 1 saturated carbocycles. The second kappa shape index (κ2) is 3.77. The third-order valence-electron chi connectivity index (χ3n) is 3.83. The van der Waals surface area contributed by atoms with Crippen molar-refractivity contribution in [1.82, 2.24) is 0 Å². The van der Waals surface area contributed by atoms with Crippen molar-refractivity contribution < 1.29 is 0 Å². The van der Waals surface area contributed by atoms with Crippen molar-refractivity contribution in [2.75, 3.05) is 19.0 Å². The number of hydrogen-bond acceptors (Lipinski definition) is 2. The van der Waals surface area contributed by atoms with Gasteiger partial charge in [-0.15, -0.1) is 0 Å². The lowest BCUT2D eigenvalue weighted by Crippen LogP contribution is -2.33. The van der Waals surface area contributed by atoms with Gasteiger partial charge in [-0.2, -0.15) is 0 Å². The summed E-state index contributed by atoms with van der Waals surface area (Å²) in [6.07, 6.45) is 2.46. The van der Waals surface area contributed by atoms with Crippen LogP contribution in [-0.4, -0.2) is 20.1 Å². The monoisotopic (exact) mass is 218 g/mol. The summed E-state index contributed by atoms with van der Waals surface area (Å²) in [5, 5.41) is 0. The van der Waals surface area contributed by atoms with Crippen LogP contribution in [0.5, 0.6) is 0 Å². The predicted octanol–water partition coefficient (Wildman–Crippen LogP) is 2.44. The molecule has 1 aliphatic rings. The lowest BCUT2D eigenvalue weighted by molar-refractivity contribution is 0.556. The highest BCUT2D eigenvalue weighted by Crippen LogP contribution is 2.53. The third kappa shape index (κ3) is 1.71. The molecule has 1 aliphatic carbocycles. The van der Waals surface area contributed by atoms with Crippen LogP contribution in [0, 0.1) is 6.92 Å². The lowest BCUT2D eigenvalue weighted by atomic mass is 9.87. The molecule has 0 amide bonds. The van der Waals surface area contributed by atoms with E-state index < -0.39 is 0 Å². The average molecular weight is 218 g/mol. The van der Waals surface area contributed by atoms with Crippen molar-refractivity contribution in [1.29, 1.82) is 0 Å². The molecule has 2 rings (SSSR count). The van der Waals surface area contributed by atoms with Crippen LogP contribution >= 0.6 is 0 Å². The van der Waals surface area contributed by atoms with Gasteiger partial charge in [0.2, 0.25) is 0 Å². The Hall–Kier alpha value is -1.02. The quantitative estimate of drug-likeness (QED) is 0.844. The van der Waals surface area contributed by atoms with E-state index in [1.165, 1.54) is 29.7 Å². The molecule has 0 aliphatic heterocycles. The van der Waals surface area contributed by atoms with Gasteiger partial charge in [0, 0.05) is 31.2 Å². The van der Waals surface area contributed by atoms with E-state index in [-0.39, 0.29) is 11.5 Å². The maximum atomic E-state index is 6.15. The van der Waals surface area contributed by atoms with Gasteiger partial charge >= 0.3 is 0 Å². The van der Waals surface area contributed by atoms with Gasteiger partial charge in [0.05, 0.1) is 0 Å². The Morgan fingerprint density at radius 1 is 1.31 bits per heavy atom. The zero-order valence-electron chi connectivity index (χ0n) is 10.7. The summed E-state index contributed by atoms with van der Waals surface area (Å²) in [7, 11) is 4.21. The van der Waals surface area contributed by atoms with Crippen LogP contribution in [0.25, 0.3) is 0 Å². The lowest BCUT2D eigenvalue weighted by Gasteiger charge is -2.27. The first kappa shape index (κ1) is 11.5. The van der Waals surface area contributed by atoms with E-state index in [0.29, 0.717) is 0 Å². The Balaban J connectivity index is 2.49. The molecule has 0 aromatic heterocycles. The number of rotatable bonds is 3. The van der Waals surface area contributed by atoms with Crippen LogP contribution < -0.4 is 10.6 Å². The van der Waals surface area contributed by atoms with E-state index >= 15 is 0 Å². The summed E-state index contributed by atoms with van der Waals surface area (Å²) >= 11 is 0. The molecule has 0 heterocycles. The topological polar surface area (TPSA) is 29.3 Å². The Morgan fingerprint density at radius 3 is 2.38 bits per heavy atom. The Labute approximate surface area is 98.4 Å². The Kier molecular flexibility index (Phi) is 2.70. The minimum atomic E-state index is 0.243. The van der Waals surface area contributed by atoms with Crippen molar-refractivity contribution >= 4 is 5.69 Å². The maximum absolute atomic E-state index is 6.15. The molecule has 16 heavy (non-hydrogen) atoms. The molecule has 2 N–H and O–H groups in total. The number of aryl methyl sites for hydroxylation is 1. The fraction of sp³-hybridized carbons (Fsp3) is 0.571. The first-order valence-corrected chi connectivity index (χ1v) is 6.01. The van der Waals surface area contributed by atoms with Gasteiger partial charge in [0.25, 0.3) is 0 Å². The number of hydrogen-bond donors (Lipinski definition) is 1. The zero-order valence-corrected chi connectivity index (χ0v) is 10.7. The molecular formula is C14H22N2. The van der Waals surface area contributed by atoms with Gasteiger partial charge in [-0.05, 0) is 43.9 Å². The molecule has 0 spiro atoms. The highest BCUT2D eigenvalue weighted by Gasteiger charge is 2.48. The standard InChI is InChI=1S/C14H22N2/c1-10-5-6-12(13(9-10)16(3)4)14(7-8-14)11(2)15/h5-6,9,11H,7-8,15H2,1-4H3. The molecule has 1 aromatic carbocycles. The number of nitrogens with two attached hydrogens (primary N) is 1. The van der Waals surface area contributed by atoms with Crippen molar-refractivity contribution in [2.24, 2.45) is 5.73 Å². The number of anilines is 1. The molecule has 1 fully saturated rings. The van der Waals surface area contributed by atoms with E-state index in [1.54, 1.807) is 0 Å². The predicted molar refractivity (Wildman–Crippen MR) is 70.1 cm³/mol. The fourth-order valence-electron chi connectivity index (χ4n) is 2.54.